The summed E-state index contributed by atoms with van der Waals surface area (Å²) in [6.07, 6.45) is 1.12. The molecule has 0 aliphatic carbocycles. The third kappa shape index (κ3) is 4.55. The van der Waals surface area contributed by atoms with Crippen LogP contribution in [0.2, 0.25) is 0 Å². The van der Waals surface area contributed by atoms with Crippen LogP contribution in [0.4, 0.5) is 0 Å². The van der Waals surface area contributed by atoms with E-state index in [1.165, 1.54) is 5.56 Å². The van der Waals surface area contributed by atoms with Gasteiger partial charge < -0.3 is 10.1 Å². The molecule has 0 spiro atoms. The molecular formula is C17H26N2O2. The maximum absolute atomic E-state index is 12.0. The number of ether oxygens (including phenoxy) is 1. The van der Waals surface area contributed by atoms with Gasteiger partial charge in [0.2, 0.25) is 5.91 Å². The molecule has 1 saturated heterocycles. The van der Waals surface area contributed by atoms with Gasteiger partial charge in [-0.3, -0.25) is 9.69 Å². The zero-order valence-electron chi connectivity index (χ0n) is 13.0. The van der Waals surface area contributed by atoms with Crippen LogP contribution in [0.3, 0.4) is 0 Å². The molecule has 1 aliphatic rings. The van der Waals surface area contributed by atoms with Gasteiger partial charge in [-0.2, -0.15) is 0 Å². The van der Waals surface area contributed by atoms with Gasteiger partial charge in [0.05, 0.1) is 12.6 Å². The lowest BCUT2D eigenvalue weighted by Gasteiger charge is -2.21. The van der Waals surface area contributed by atoms with Crippen molar-refractivity contribution in [3.05, 3.63) is 35.9 Å². The molecule has 4 nitrogen and oxygen atoms in total. The Kier molecular flexibility index (Phi) is 6.21. The molecule has 0 radical (unpaired) electrons. The standard InChI is InChI=1S/C17H26N2O2/c1-3-19(4-2)13-16(20)18-12-15-10-11-21-17(15)14-8-6-5-7-9-14/h5-9,15,17H,3-4,10-13H2,1-2H3,(H,18,20)/t15-,17+/m0/s1. The van der Waals surface area contributed by atoms with Crippen LogP contribution in [0.15, 0.2) is 30.3 Å². The SMILES string of the molecule is CCN(CC)CC(=O)NC[C@@H]1CCO[C@@H]1c1ccccc1. The van der Waals surface area contributed by atoms with Crippen LogP contribution < -0.4 is 5.32 Å². The Morgan fingerprint density at radius 3 is 2.67 bits per heavy atom. The second-order valence-electron chi connectivity index (χ2n) is 5.52. The zero-order valence-corrected chi connectivity index (χ0v) is 13.0. The molecule has 21 heavy (non-hydrogen) atoms. The molecular weight excluding hydrogens is 264 g/mol. The Labute approximate surface area is 127 Å². The lowest BCUT2D eigenvalue weighted by molar-refractivity contribution is -0.122. The van der Waals surface area contributed by atoms with Gasteiger partial charge in [0.15, 0.2) is 0 Å². The summed E-state index contributed by atoms with van der Waals surface area (Å²) in [4.78, 5) is 14.1. The summed E-state index contributed by atoms with van der Waals surface area (Å²) in [5.74, 6) is 0.477. The molecule has 2 rings (SSSR count). The fraction of sp³-hybridized carbons (Fsp3) is 0.588. The molecule has 1 aromatic carbocycles. The van der Waals surface area contributed by atoms with Gasteiger partial charge in [0, 0.05) is 19.1 Å². The molecule has 1 amide bonds. The smallest absolute Gasteiger partial charge is 0.234 e. The number of rotatable bonds is 7. The van der Waals surface area contributed by atoms with Crippen LogP contribution in [0.1, 0.15) is 31.9 Å². The van der Waals surface area contributed by atoms with Crippen molar-refractivity contribution in [2.45, 2.75) is 26.4 Å². The average Bonchev–Trinajstić information content (AvgIpc) is 3.00. The first-order valence-corrected chi connectivity index (χ1v) is 7.90. The molecule has 1 heterocycles. The van der Waals surface area contributed by atoms with Crippen molar-refractivity contribution in [2.75, 3.05) is 32.8 Å². The Bertz CT molecular complexity index is 432. The summed E-state index contributed by atoms with van der Waals surface area (Å²) >= 11 is 0. The van der Waals surface area contributed by atoms with Gasteiger partial charge in [-0.25, -0.2) is 0 Å². The summed E-state index contributed by atoms with van der Waals surface area (Å²) < 4.78 is 5.85. The fourth-order valence-corrected chi connectivity index (χ4v) is 2.81. The van der Waals surface area contributed by atoms with E-state index in [0.717, 1.165) is 26.1 Å². The predicted molar refractivity (Wildman–Crippen MR) is 84.0 cm³/mol. The first-order chi connectivity index (χ1) is 10.2. The number of nitrogens with zero attached hydrogens (tertiary/aromatic N) is 1. The number of likely N-dealkylation sites (N-methyl/N-ethyl adjacent to an activating group) is 1. The van der Waals surface area contributed by atoms with Crippen LogP contribution in [0.25, 0.3) is 0 Å². The van der Waals surface area contributed by atoms with E-state index in [1.54, 1.807) is 0 Å². The molecule has 1 aromatic rings. The lowest BCUT2D eigenvalue weighted by Crippen LogP contribution is -2.39. The maximum Gasteiger partial charge on any atom is 0.234 e. The van der Waals surface area contributed by atoms with Crippen LogP contribution >= 0.6 is 0 Å². The van der Waals surface area contributed by atoms with Gasteiger partial charge in [-0.15, -0.1) is 0 Å². The van der Waals surface area contributed by atoms with Gasteiger partial charge in [0.1, 0.15) is 0 Å². The van der Waals surface area contributed by atoms with E-state index in [-0.39, 0.29) is 12.0 Å². The molecule has 0 aromatic heterocycles. The highest BCUT2D eigenvalue weighted by Crippen LogP contribution is 2.33. The Balaban J connectivity index is 1.83. The normalized spacial score (nSPS) is 21.7. The number of hydrogen-bond acceptors (Lipinski definition) is 3. The lowest BCUT2D eigenvalue weighted by atomic mass is 9.95. The van der Waals surface area contributed by atoms with E-state index in [9.17, 15) is 4.79 Å². The number of nitrogens with one attached hydrogen (secondary N) is 1. The second kappa shape index (κ2) is 8.15. The third-order valence-corrected chi connectivity index (χ3v) is 4.17. The molecule has 1 fully saturated rings. The summed E-state index contributed by atoms with van der Waals surface area (Å²) in [5, 5.41) is 3.06. The second-order valence-corrected chi connectivity index (χ2v) is 5.52. The summed E-state index contributed by atoms with van der Waals surface area (Å²) in [7, 11) is 0. The third-order valence-electron chi connectivity index (χ3n) is 4.17. The Morgan fingerprint density at radius 1 is 1.29 bits per heavy atom. The number of benzene rings is 1. The summed E-state index contributed by atoms with van der Waals surface area (Å²) in [5.41, 5.74) is 1.21. The minimum absolute atomic E-state index is 0.109. The van der Waals surface area contributed by atoms with E-state index in [2.05, 4.69) is 36.2 Å². The van der Waals surface area contributed by atoms with E-state index in [4.69, 9.17) is 4.74 Å². The molecule has 2 atom stereocenters. The fourth-order valence-electron chi connectivity index (χ4n) is 2.81. The molecule has 116 valence electrons. The van der Waals surface area contributed by atoms with Crippen molar-refractivity contribution in [2.24, 2.45) is 5.92 Å². The molecule has 4 heteroatoms. The highest BCUT2D eigenvalue weighted by molar-refractivity contribution is 5.78. The Hall–Kier alpha value is -1.39. The Morgan fingerprint density at radius 2 is 2.00 bits per heavy atom. The number of hydrogen-bond donors (Lipinski definition) is 1. The van der Waals surface area contributed by atoms with E-state index >= 15 is 0 Å². The monoisotopic (exact) mass is 290 g/mol. The number of carbonyl (C=O) groups excluding carboxylic acids is 1. The highest BCUT2D eigenvalue weighted by atomic mass is 16.5. The van der Waals surface area contributed by atoms with E-state index < -0.39 is 0 Å². The quantitative estimate of drug-likeness (QED) is 0.837. The molecule has 0 unspecified atom stereocenters. The van der Waals surface area contributed by atoms with Crippen molar-refractivity contribution < 1.29 is 9.53 Å². The molecule has 0 saturated carbocycles. The number of amides is 1. The average molecular weight is 290 g/mol. The zero-order chi connectivity index (χ0) is 15.1. The minimum Gasteiger partial charge on any atom is -0.373 e. The van der Waals surface area contributed by atoms with Crippen molar-refractivity contribution in [1.82, 2.24) is 10.2 Å². The van der Waals surface area contributed by atoms with Gasteiger partial charge in [0.25, 0.3) is 0 Å². The highest BCUT2D eigenvalue weighted by Gasteiger charge is 2.29. The van der Waals surface area contributed by atoms with Gasteiger partial charge in [-0.05, 0) is 25.1 Å². The van der Waals surface area contributed by atoms with Crippen molar-refractivity contribution in [3.8, 4) is 0 Å². The van der Waals surface area contributed by atoms with Crippen LogP contribution in [0.5, 0.6) is 0 Å². The van der Waals surface area contributed by atoms with Crippen LogP contribution in [-0.4, -0.2) is 43.6 Å². The van der Waals surface area contributed by atoms with Gasteiger partial charge in [-0.1, -0.05) is 44.2 Å². The molecule has 0 bridgehead atoms. The van der Waals surface area contributed by atoms with Gasteiger partial charge >= 0.3 is 0 Å². The maximum atomic E-state index is 12.0. The first kappa shape index (κ1) is 16.0. The number of carbonyl (C=O) groups is 1. The minimum atomic E-state index is 0.109. The van der Waals surface area contributed by atoms with E-state index in [1.807, 2.05) is 18.2 Å². The molecule has 1 N–H and O–H groups in total. The van der Waals surface area contributed by atoms with Crippen molar-refractivity contribution >= 4 is 5.91 Å². The topological polar surface area (TPSA) is 41.6 Å². The molecule has 1 aliphatic heterocycles. The van der Waals surface area contributed by atoms with E-state index in [0.29, 0.717) is 19.0 Å². The van der Waals surface area contributed by atoms with Crippen molar-refractivity contribution in [1.29, 1.82) is 0 Å². The largest absolute Gasteiger partial charge is 0.373 e. The predicted octanol–water partition coefficient (Wildman–Crippen LogP) is 2.22. The summed E-state index contributed by atoms with van der Waals surface area (Å²) in [6.45, 7) is 7.92. The van der Waals surface area contributed by atoms with Crippen LogP contribution in [-0.2, 0) is 9.53 Å². The summed E-state index contributed by atoms with van der Waals surface area (Å²) in [6, 6.07) is 10.3. The van der Waals surface area contributed by atoms with Crippen molar-refractivity contribution in [3.63, 3.8) is 0 Å². The van der Waals surface area contributed by atoms with Crippen LogP contribution in [0, 0.1) is 5.92 Å². The first-order valence-electron chi connectivity index (χ1n) is 7.90.